The van der Waals surface area contributed by atoms with Gasteiger partial charge in [-0.25, -0.2) is 0 Å². The van der Waals surface area contributed by atoms with Crippen molar-refractivity contribution in [2.24, 2.45) is 5.73 Å². The molecule has 1 aliphatic carbocycles. The van der Waals surface area contributed by atoms with Crippen LogP contribution in [0.1, 0.15) is 50.1 Å². The molecule has 0 amide bonds. The van der Waals surface area contributed by atoms with Gasteiger partial charge in [-0.3, -0.25) is 0 Å². The third kappa shape index (κ3) is 2.67. The van der Waals surface area contributed by atoms with Crippen LogP contribution < -0.4 is 5.73 Å². The molecule has 2 nitrogen and oxygen atoms in total. The number of thiophene rings is 1. The quantitative estimate of drug-likeness (QED) is 0.843. The molecule has 0 bridgehead atoms. The first kappa shape index (κ1) is 14.5. The predicted octanol–water partition coefficient (Wildman–Crippen LogP) is 4.17. The molecule has 0 radical (unpaired) electrons. The standard InChI is InChI=1S/C14H23BrN2S/c1-17(2)14(7-5-3-4-6-8-14)13(16)11-9-18-10-12(11)15/h9-10,13H,3-8,16H2,1-2H3. The summed E-state index contributed by atoms with van der Waals surface area (Å²) in [7, 11) is 4.37. The van der Waals surface area contributed by atoms with Crippen LogP contribution in [0.5, 0.6) is 0 Å². The summed E-state index contributed by atoms with van der Waals surface area (Å²) in [6, 6.07) is 0.103. The number of rotatable bonds is 3. The summed E-state index contributed by atoms with van der Waals surface area (Å²) in [6.45, 7) is 0. The molecule has 1 atom stereocenters. The zero-order valence-electron chi connectivity index (χ0n) is 11.3. The second-order valence-electron chi connectivity index (χ2n) is 5.56. The van der Waals surface area contributed by atoms with Crippen molar-refractivity contribution in [2.45, 2.75) is 50.1 Å². The van der Waals surface area contributed by atoms with E-state index in [0.29, 0.717) is 0 Å². The first-order valence-corrected chi connectivity index (χ1v) is 8.46. The molecule has 2 N–H and O–H groups in total. The van der Waals surface area contributed by atoms with Crippen molar-refractivity contribution < 1.29 is 0 Å². The molecule has 0 saturated heterocycles. The lowest BCUT2D eigenvalue weighted by Crippen LogP contribution is -2.52. The van der Waals surface area contributed by atoms with E-state index >= 15 is 0 Å². The largest absolute Gasteiger partial charge is 0.322 e. The van der Waals surface area contributed by atoms with Crippen LogP contribution in [-0.4, -0.2) is 24.5 Å². The fourth-order valence-corrected chi connectivity index (χ4v) is 4.76. The molecule has 2 rings (SSSR count). The minimum Gasteiger partial charge on any atom is -0.322 e. The molecule has 1 heterocycles. The Labute approximate surface area is 123 Å². The second-order valence-corrected chi connectivity index (χ2v) is 7.16. The molecule has 0 spiro atoms. The van der Waals surface area contributed by atoms with Gasteiger partial charge in [-0.05, 0) is 53.8 Å². The summed E-state index contributed by atoms with van der Waals surface area (Å²) >= 11 is 5.37. The number of hydrogen-bond acceptors (Lipinski definition) is 3. The van der Waals surface area contributed by atoms with Crippen LogP contribution in [0.4, 0.5) is 0 Å². The van der Waals surface area contributed by atoms with Crippen LogP contribution in [0.15, 0.2) is 15.2 Å². The summed E-state index contributed by atoms with van der Waals surface area (Å²) in [5.41, 5.74) is 8.05. The maximum atomic E-state index is 6.66. The van der Waals surface area contributed by atoms with Gasteiger partial charge in [-0.2, -0.15) is 11.3 Å². The average Bonchev–Trinajstić information content (AvgIpc) is 2.63. The second kappa shape index (κ2) is 6.04. The Morgan fingerprint density at radius 3 is 2.28 bits per heavy atom. The highest BCUT2D eigenvalue weighted by molar-refractivity contribution is 9.10. The highest BCUT2D eigenvalue weighted by Gasteiger charge is 2.40. The van der Waals surface area contributed by atoms with Crippen LogP contribution in [0.25, 0.3) is 0 Å². The Balaban J connectivity index is 2.31. The van der Waals surface area contributed by atoms with E-state index in [1.165, 1.54) is 48.6 Å². The average molecular weight is 331 g/mol. The van der Waals surface area contributed by atoms with Gasteiger partial charge in [0.2, 0.25) is 0 Å². The van der Waals surface area contributed by atoms with Gasteiger partial charge in [0.15, 0.2) is 0 Å². The van der Waals surface area contributed by atoms with Gasteiger partial charge in [-0.1, -0.05) is 25.7 Å². The van der Waals surface area contributed by atoms with E-state index in [-0.39, 0.29) is 11.6 Å². The molecule has 1 unspecified atom stereocenters. The van der Waals surface area contributed by atoms with Crippen molar-refractivity contribution in [1.82, 2.24) is 4.90 Å². The summed E-state index contributed by atoms with van der Waals surface area (Å²) in [5, 5.41) is 4.33. The van der Waals surface area contributed by atoms with Crippen LogP contribution in [0.3, 0.4) is 0 Å². The molecule has 1 aromatic heterocycles. The van der Waals surface area contributed by atoms with Gasteiger partial charge in [0, 0.05) is 15.4 Å². The Kier molecular flexibility index (Phi) is 4.86. The number of nitrogens with two attached hydrogens (primary N) is 1. The zero-order valence-corrected chi connectivity index (χ0v) is 13.7. The van der Waals surface area contributed by atoms with Crippen molar-refractivity contribution in [3.05, 3.63) is 20.8 Å². The molecule has 1 aromatic rings. The van der Waals surface area contributed by atoms with E-state index < -0.39 is 0 Å². The van der Waals surface area contributed by atoms with Crippen LogP contribution in [-0.2, 0) is 0 Å². The van der Waals surface area contributed by atoms with Crippen molar-refractivity contribution in [3.8, 4) is 0 Å². The molecule has 102 valence electrons. The highest BCUT2D eigenvalue weighted by Crippen LogP contribution is 2.42. The molecule has 1 aliphatic rings. The van der Waals surface area contributed by atoms with Gasteiger partial charge in [0.05, 0.1) is 6.04 Å². The topological polar surface area (TPSA) is 29.3 Å². The van der Waals surface area contributed by atoms with E-state index in [2.05, 4.69) is 45.7 Å². The van der Waals surface area contributed by atoms with Gasteiger partial charge in [-0.15, -0.1) is 0 Å². The SMILES string of the molecule is CN(C)C1(C(N)c2cscc2Br)CCCCCC1. The number of hydrogen-bond donors (Lipinski definition) is 1. The van der Waals surface area contributed by atoms with Crippen molar-refractivity contribution in [3.63, 3.8) is 0 Å². The van der Waals surface area contributed by atoms with Gasteiger partial charge in [0.1, 0.15) is 0 Å². The monoisotopic (exact) mass is 330 g/mol. The van der Waals surface area contributed by atoms with Crippen LogP contribution in [0.2, 0.25) is 0 Å². The maximum Gasteiger partial charge on any atom is 0.0501 e. The lowest BCUT2D eigenvalue weighted by molar-refractivity contribution is 0.0968. The Hall–Kier alpha value is 0.100. The summed E-state index contributed by atoms with van der Waals surface area (Å²) < 4.78 is 1.17. The minimum atomic E-state index is 0.103. The fourth-order valence-electron chi connectivity index (χ4n) is 3.18. The normalized spacial score (nSPS) is 21.8. The zero-order chi connectivity index (χ0) is 13.2. The highest BCUT2D eigenvalue weighted by atomic mass is 79.9. The Bertz CT molecular complexity index is 381. The van der Waals surface area contributed by atoms with E-state index in [1.54, 1.807) is 11.3 Å². The smallest absolute Gasteiger partial charge is 0.0501 e. The maximum absolute atomic E-state index is 6.66. The minimum absolute atomic E-state index is 0.103. The van der Waals surface area contributed by atoms with Crippen molar-refractivity contribution in [1.29, 1.82) is 0 Å². The van der Waals surface area contributed by atoms with Crippen LogP contribution >= 0.6 is 27.3 Å². The van der Waals surface area contributed by atoms with Gasteiger partial charge < -0.3 is 10.6 Å². The number of nitrogens with zero attached hydrogens (tertiary/aromatic N) is 1. The first-order chi connectivity index (χ1) is 8.58. The van der Waals surface area contributed by atoms with E-state index in [1.807, 2.05) is 0 Å². The molecule has 1 saturated carbocycles. The fraction of sp³-hybridized carbons (Fsp3) is 0.714. The van der Waals surface area contributed by atoms with Crippen molar-refractivity contribution in [2.75, 3.05) is 14.1 Å². The number of halogens is 1. The molecule has 0 aromatic carbocycles. The van der Waals surface area contributed by atoms with Gasteiger partial charge >= 0.3 is 0 Å². The predicted molar refractivity (Wildman–Crippen MR) is 83.1 cm³/mol. The summed E-state index contributed by atoms with van der Waals surface area (Å²) in [5.74, 6) is 0. The van der Waals surface area contributed by atoms with E-state index in [4.69, 9.17) is 5.73 Å². The number of likely N-dealkylation sites (N-methyl/N-ethyl adjacent to an activating group) is 1. The molecule has 18 heavy (non-hydrogen) atoms. The molecule has 1 fully saturated rings. The lowest BCUT2D eigenvalue weighted by atomic mass is 9.79. The lowest BCUT2D eigenvalue weighted by Gasteiger charge is -2.44. The van der Waals surface area contributed by atoms with Crippen LogP contribution in [0, 0.1) is 0 Å². The third-order valence-electron chi connectivity index (χ3n) is 4.42. The Morgan fingerprint density at radius 1 is 1.22 bits per heavy atom. The van der Waals surface area contributed by atoms with E-state index in [0.717, 1.165) is 0 Å². The summed E-state index contributed by atoms with van der Waals surface area (Å²) in [6.07, 6.45) is 7.73. The molecular formula is C14H23BrN2S. The molecule has 4 heteroatoms. The van der Waals surface area contributed by atoms with E-state index in [9.17, 15) is 0 Å². The van der Waals surface area contributed by atoms with Gasteiger partial charge in [0.25, 0.3) is 0 Å². The third-order valence-corrected chi connectivity index (χ3v) is 6.17. The Morgan fingerprint density at radius 2 is 1.83 bits per heavy atom. The summed E-state index contributed by atoms with van der Waals surface area (Å²) in [4.78, 5) is 2.37. The molecular weight excluding hydrogens is 308 g/mol. The molecule has 0 aliphatic heterocycles. The van der Waals surface area contributed by atoms with Crippen molar-refractivity contribution >= 4 is 27.3 Å². The first-order valence-electron chi connectivity index (χ1n) is 6.72.